The Morgan fingerprint density at radius 2 is 1.88 bits per heavy atom. The first-order valence-electron chi connectivity index (χ1n) is 8.66. The van der Waals surface area contributed by atoms with Crippen molar-refractivity contribution in [1.29, 1.82) is 0 Å². The molecule has 0 radical (unpaired) electrons. The van der Waals surface area contributed by atoms with Gasteiger partial charge in [-0.15, -0.1) is 0 Å². The van der Waals surface area contributed by atoms with E-state index in [2.05, 4.69) is 5.32 Å². The van der Waals surface area contributed by atoms with Crippen LogP contribution in [0.25, 0.3) is 17.2 Å². The molecule has 0 unspecified atom stereocenters. The van der Waals surface area contributed by atoms with Gasteiger partial charge in [0.2, 0.25) is 0 Å². The van der Waals surface area contributed by atoms with Crippen molar-refractivity contribution in [3.8, 4) is 11.1 Å². The van der Waals surface area contributed by atoms with Crippen molar-refractivity contribution >= 4 is 23.8 Å². The largest absolute Gasteiger partial charge is 0.478 e. The number of amides is 2. The van der Waals surface area contributed by atoms with E-state index in [-0.39, 0.29) is 6.03 Å². The van der Waals surface area contributed by atoms with Crippen LogP contribution in [0.5, 0.6) is 0 Å². The molecule has 5 heteroatoms. The molecular weight excluding hydrogens is 328 g/mol. The van der Waals surface area contributed by atoms with Gasteiger partial charge in [0.25, 0.3) is 0 Å². The van der Waals surface area contributed by atoms with E-state index in [1.807, 2.05) is 48.5 Å². The number of carboxylic acid groups (broad SMARTS) is 1. The molecule has 0 aromatic heterocycles. The highest BCUT2D eigenvalue weighted by molar-refractivity contribution is 5.92. The first-order valence-corrected chi connectivity index (χ1v) is 8.66. The highest BCUT2D eigenvalue weighted by Crippen LogP contribution is 2.28. The molecule has 1 saturated carbocycles. The molecule has 0 aliphatic heterocycles. The van der Waals surface area contributed by atoms with E-state index >= 15 is 0 Å². The third-order valence-electron chi connectivity index (χ3n) is 4.44. The van der Waals surface area contributed by atoms with Gasteiger partial charge >= 0.3 is 12.0 Å². The second kappa shape index (κ2) is 7.87. The Morgan fingerprint density at radius 1 is 1.15 bits per heavy atom. The molecule has 0 atom stereocenters. The van der Waals surface area contributed by atoms with Crippen molar-refractivity contribution < 1.29 is 14.7 Å². The van der Waals surface area contributed by atoms with Crippen LogP contribution in [0.15, 0.2) is 54.6 Å². The summed E-state index contributed by atoms with van der Waals surface area (Å²) in [6, 6.07) is 15.3. The number of anilines is 1. The topological polar surface area (TPSA) is 69.6 Å². The van der Waals surface area contributed by atoms with Gasteiger partial charge in [-0.3, -0.25) is 4.90 Å². The maximum absolute atomic E-state index is 12.3. The molecule has 1 aliphatic rings. The van der Waals surface area contributed by atoms with Crippen LogP contribution < -0.4 is 10.2 Å². The van der Waals surface area contributed by atoms with Gasteiger partial charge < -0.3 is 10.4 Å². The molecule has 1 aliphatic carbocycles. The number of carboxylic acids is 1. The first kappa shape index (κ1) is 17.7. The van der Waals surface area contributed by atoms with E-state index in [9.17, 15) is 9.59 Å². The smallest absolute Gasteiger partial charge is 0.328 e. The van der Waals surface area contributed by atoms with Crippen LogP contribution in [-0.2, 0) is 4.79 Å². The van der Waals surface area contributed by atoms with Crippen molar-refractivity contribution in [2.75, 3.05) is 18.5 Å². The number of hydrogen-bond acceptors (Lipinski definition) is 2. The van der Waals surface area contributed by atoms with Crippen LogP contribution in [0.2, 0.25) is 0 Å². The van der Waals surface area contributed by atoms with Gasteiger partial charge in [-0.1, -0.05) is 36.4 Å². The summed E-state index contributed by atoms with van der Waals surface area (Å²) in [5.74, 6) is -0.322. The third-order valence-corrected chi connectivity index (χ3v) is 4.44. The number of nitrogens with zero attached hydrogens (tertiary/aromatic N) is 1. The quantitative estimate of drug-likeness (QED) is 0.774. The van der Waals surface area contributed by atoms with Crippen LogP contribution in [0, 0.1) is 5.92 Å². The zero-order valence-corrected chi connectivity index (χ0v) is 14.7. The highest BCUT2D eigenvalue weighted by Gasteiger charge is 2.22. The number of nitrogens with one attached hydrogen (secondary N) is 1. The molecule has 3 rings (SSSR count). The summed E-state index contributed by atoms with van der Waals surface area (Å²) in [5, 5.41) is 11.6. The molecule has 2 aromatic carbocycles. The maximum Gasteiger partial charge on any atom is 0.328 e. The third kappa shape index (κ3) is 4.72. The van der Waals surface area contributed by atoms with Crippen LogP contribution in [0.1, 0.15) is 18.4 Å². The highest BCUT2D eigenvalue weighted by atomic mass is 16.4. The second-order valence-electron chi connectivity index (χ2n) is 6.53. The Morgan fingerprint density at radius 3 is 2.54 bits per heavy atom. The van der Waals surface area contributed by atoms with E-state index in [1.54, 1.807) is 18.0 Å². The minimum absolute atomic E-state index is 0.0943. The van der Waals surface area contributed by atoms with Gasteiger partial charge in [-0.25, -0.2) is 9.59 Å². The fourth-order valence-corrected chi connectivity index (χ4v) is 2.64. The molecule has 2 N–H and O–H groups in total. The molecule has 1 fully saturated rings. The van der Waals surface area contributed by atoms with Crippen LogP contribution in [-0.4, -0.2) is 30.7 Å². The van der Waals surface area contributed by atoms with Gasteiger partial charge in [0.1, 0.15) is 0 Å². The zero-order chi connectivity index (χ0) is 18.5. The molecule has 26 heavy (non-hydrogen) atoms. The molecule has 0 spiro atoms. The normalized spacial score (nSPS) is 13.6. The molecule has 0 saturated heterocycles. The standard InChI is InChI=1S/C21H22N2O3/c1-23(21(26)22-14-16-5-6-16)19-4-2-3-18(13-19)17-10-7-15(8-11-17)9-12-20(24)25/h2-4,7-13,16H,5-6,14H2,1H3,(H,22,26)(H,24,25)/b12-9+. The SMILES string of the molecule is CN(C(=O)NCC1CC1)c1cccc(-c2ccc(/C=C/C(=O)O)cc2)c1. The number of aliphatic carboxylic acids is 1. The maximum atomic E-state index is 12.3. The second-order valence-corrected chi connectivity index (χ2v) is 6.53. The van der Waals surface area contributed by atoms with Gasteiger partial charge in [0.15, 0.2) is 0 Å². The predicted molar refractivity (Wildman–Crippen MR) is 103 cm³/mol. The zero-order valence-electron chi connectivity index (χ0n) is 14.7. The first-order chi connectivity index (χ1) is 12.5. The van der Waals surface area contributed by atoms with Gasteiger partial charge in [-0.05, 0) is 53.7 Å². The predicted octanol–water partition coefficient (Wildman–Crippen LogP) is 4.01. The Hall–Kier alpha value is -3.08. The summed E-state index contributed by atoms with van der Waals surface area (Å²) in [6.07, 6.45) is 5.08. The summed E-state index contributed by atoms with van der Waals surface area (Å²) in [6.45, 7) is 0.744. The lowest BCUT2D eigenvalue weighted by atomic mass is 10.0. The minimum Gasteiger partial charge on any atom is -0.478 e. The molecule has 134 valence electrons. The Bertz CT molecular complexity index is 823. The summed E-state index contributed by atoms with van der Waals surface area (Å²) in [7, 11) is 1.77. The number of hydrogen-bond donors (Lipinski definition) is 2. The van der Waals surface area contributed by atoms with E-state index in [0.717, 1.165) is 35.0 Å². The van der Waals surface area contributed by atoms with E-state index in [0.29, 0.717) is 5.92 Å². The average Bonchev–Trinajstić information content (AvgIpc) is 3.49. The molecule has 5 nitrogen and oxygen atoms in total. The Labute approximate surface area is 153 Å². The molecule has 2 aromatic rings. The lowest BCUT2D eigenvalue weighted by Gasteiger charge is -2.19. The number of urea groups is 1. The summed E-state index contributed by atoms with van der Waals surface area (Å²) in [4.78, 5) is 24.5. The number of carbonyl (C=O) groups is 2. The summed E-state index contributed by atoms with van der Waals surface area (Å²) in [5.41, 5.74) is 3.65. The van der Waals surface area contributed by atoms with Gasteiger partial charge in [-0.2, -0.15) is 0 Å². The van der Waals surface area contributed by atoms with Crippen molar-refractivity contribution in [3.63, 3.8) is 0 Å². The monoisotopic (exact) mass is 350 g/mol. The molecular formula is C21H22N2O3. The fraction of sp³-hybridized carbons (Fsp3) is 0.238. The molecule has 0 heterocycles. The fourth-order valence-electron chi connectivity index (χ4n) is 2.64. The lowest BCUT2D eigenvalue weighted by molar-refractivity contribution is -0.131. The van der Waals surface area contributed by atoms with Crippen molar-refractivity contribution in [3.05, 3.63) is 60.2 Å². The van der Waals surface area contributed by atoms with E-state index < -0.39 is 5.97 Å². The van der Waals surface area contributed by atoms with Crippen LogP contribution in [0.3, 0.4) is 0 Å². The van der Waals surface area contributed by atoms with Crippen molar-refractivity contribution in [2.24, 2.45) is 5.92 Å². The number of rotatable bonds is 6. The Balaban J connectivity index is 1.71. The van der Waals surface area contributed by atoms with Gasteiger partial charge in [0.05, 0.1) is 0 Å². The van der Waals surface area contributed by atoms with Crippen LogP contribution in [0.4, 0.5) is 10.5 Å². The Kier molecular flexibility index (Phi) is 5.37. The van der Waals surface area contributed by atoms with Gasteiger partial charge in [0, 0.05) is 25.4 Å². The van der Waals surface area contributed by atoms with E-state index in [1.165, 1.54) is 12.8 Å². The average molecular weight is 350 g/mol. The van der Waals surface area contributed by atoms with E-state index in [4.69, 9.17) is 5.11 Å². The molecule has 0 bridgehead atoms. The number of carbonyl (C=O) groups excluding carboxylic acids is 1. The minimum atomic E-state index is -0.968. The van der Waals surface area contributed by atoms with Crippen molar-refractivity contribution in [2.45, 2.75) is 12.8 Å². The number of benzene rings is 2. The lowest BCUT2D eigenvalue weighted by Crippen LogP contribution is -2.38. The van der Waals surface area contributed by atoms with Crippen molar-refractivity contribution in [1.82, 2.24) is 5.32 Å². The van der Waals surface area contributed by atoms with Crippen LogP contribution >= 0.6 is 0 Å². The summed E-state index contributed by atoms with van der Waals surface area (Å²) >= 11 is 0. The summed E-state index contributed by atoms with van der Waals surface area (Å²) < 4.78 is 0. The molecule has 2 amide bonds.